The molecule has 1 saturated heterocycles. The zero-order valence-electron chi connectivity index (χ0n) is 10.0. The molecule has 15 heavy (non-hydrogen) atoms. The molecule has 1 aliphatic rings. The third-order valence-corrected chi connectivity index (χ3v) is 3.32. The van der Waals surface area contributed by atoms with Crippen LogP contribution in [0.5, 0.6) is 0 Å². The number of nitrogens with one attached hydrogen (secondary N) is 2. The predicted octanol–water partition coefficient (Wildman–Crippen LogP) is 0.195. The number of amides is 1. The van der Waals surface area contributed by atoms with Gasteiger partial charge in [-0.2, -0.15) is 0 Å². The SMILES string of the molecule is CNC(=O)CN1CCCCC1C(C)NC. The number of piperidine rings is 1. The summed E-state index contributed by atoms with van der Waals surface area (Å²) in [6, 6.07) is 0.955. The standard InChI is InChI=1S/C11H23N3O/c1-9(12-2)10-6-4-5-7-14(10)8-11(15)13-3/h9-10,12H,4-8H2,1-3H3,(H,13,15). The summed E-state index contributed by atoms with van der Waals surface area (Å²) in [4.78, 5) is 13.7. The van der Waals surface area contributed by atoms with Gasteiger partial charge in [-0.05, 0) is 33.4 Å². The quantitative estimate of drug-likeness (QED) is 0.701. The normalized spacial score (nSPS) is 24.9. The first-order valence-corrected chi connectivity index (χ1v) is 5.81. The fourth-order valence-electron chi connectivity index (χ4n) is 2.24. The van der Waals surface area contributed by atoms with Crippen molar-refractivity contribution in [2.45, 2.75) is 38.3 Å². The maximum absolute atomic E-state index is 11.4. The second-order valence-electron chi connectivity index (χ2n) is 4.28. The van der Waals surface area contributed by atoms with E-state index in [0.717, 1.165) is 6.54 Å². The monoisotopic (exact) mass is 213 g/mol. The Morgan fingerprint density at radius 2 is 2.20 bits per heavy atom. The van der Waals surface area contributed by atoms with Crippen LogP contribution < -0.4 is 10.6 Å². The maximum Gasteiger partial charge on any atom is 0.233 e. The Balaban J connectivity index is 2.53. The van der Waals surface area contributed by atoms with Crippen molar-refractivity contribution in [3.8, 4) is 0 Å². The molecule has 0 spiro atoms. The number of rotatable bonds is 4. The van der Waals surface area contributed by atoms with E-state index in [2.05, 4.69) is 22.5 Å². The first kappa shape index (κ1) is 12.5. The average molecular weight is 213 g/mol. The molecule has 0 saturated carbocycles. The first-order chi connectivity index (χ1) is 7.19. The summed E-state index contributed by atoms with van der Waals surface area (Å²) in [7, 11) is 3.68. The minimum atomic E-state index is 0.116. The van der Waals surface area contributed by atoms with Crippen LogP contribution in [0.4, 0.5) is 0 Å². The molecule has 1 aliphatic heterocycles. The van der Waals surface area contributed by atoms with Crippen LogP contribution in [0.1, 0.15) is 26.2 Å². The van der Waals surface area contributed by atoms with E-state index >= 15 is 0 Å². The molecule has 88 valence electrons. The van der Waals surface area contributed by atoms with E-state index in [-0.39, 0.29) is 5.91 Å². The molecule has 0 aromatic rings. The van der Waals surface area contributed by atoms with Crippen LogP contribution in [0.25, 0.3) is 0 Å². The molecule has 4 heteroatoms. The third-order valence-electron chi connectivity index (χ3n) is 3.32. The Morgan fingerprint density at radius 1 is 1.47 bits per heavy atom. The van der Waals surface area contributed by atoms with Crippen molar-refractivity contribution in [2.24, 2.45) is 0 Å². The van der Waals surface area contributed by atoms with Crippen molar-refractivity contribution < 1.29 is 4.79 Å². The zero-order chi connectivity index (χ0) is 11.3. The highest BCUT2D eigenvalue weighted by atomic mass is 16.1. The highest BCUT2D eigenvalue weighted by Crippen LogP contribution is 2.19. The van der Waals surface area contributed by atoms with E-state index in [1.807, 2.05) is 7.05 Å². The summed E-state index contributed by atoms with van der Waals surface area (Å²) in [5.74, 6) is 0.116. The lowest BCUT2D eigenvalue weighted by Gasteiger charge is -2.38. The van der Waals surface area contributed by atoms with Crippen molar-refractivity contribution in [3.05, 3.63) is 0 Å². The molecule has 0 bridgehead atoms. The third kappa shape index (κ3) is 3.47. The predicted molar refractivity (Wildman–Crippen MR) is 61.8 cm³/mol. The van der Waals surface area contributed by atoms with E-state index in [9.17, 15) is 4.79 Å². The molecule has 0 aliphatic carbocycles. The van der Waals surface area contributed by atoms with Crippen LogP contribution in [0.2, 0.25) is 0 Å². The summed E-state index contributed by atoms with van der Waals surface area (Å²) < 4.78 is 0. The minimum absolute atomic E-state index is 0.116. The summed E-state index contributed by atoms with van der Waals surface area (Å²) in [6.45, 7) is 3.77. The van der Waals surface area contributed by atoms with E-state index in [0.29, 0.717) is 18.6 Å². The number of carbonyl (C=O) groups excluding carboxylic acids is 1. The number of likely N-dealkylation sites (N-methyl/N-ethyl adjacent to an activating group) is 2. The van der Waals surface area contributed by atoms with Gasteiger partial charge in [-0.3, -0.25) is 9.69 Å². The molecule has 1 amide bonds. The van der Waals surface area contributed by atoms with Gasteiger partial charge < -0.3 is 10.6 Å². The summed E-state index contributed by atoms with van der Waals surface area (Å²) in [5, 5.41) is 5.97. The van der Waals surface area contributed by atoms with Gasteiger partial charge >= 0.3 is 0 Å². The molecule has 1 heterocycles. The van der Waals surface area contributed by atoms with E-state index in [1.54, 1.807) is 7.05 Å². The number of hydrogen-bond donors (Lipinski definition) is 2. The smallest absolute Gasteiger partial charge is 0.233 e. The van der Waals surface area contributed by atoms with Crippen LogP contribution in [-0.2, 0) is 4.79 Å². The molecular formula is C11H23N3O. The fourth-order valence-corrected chi connectivity index (χ4v) is 2.24. The van der Waals surface area contributed by atoms with E-state index in [1.165, 1.54) is 19.3 Å². The van der Waals surface area contributed by atoms with Gasteiger partial charge in [0.05, 0.1) is 6.54 Å². The Kier molecular flexibility index (Phi) is 5.05. The molecule has 1 rings (SSSR count). The number of hydrogen-bond acceptors (Lipinski definition) is 3. The van der Waals surface area contributed by atoms with Crippen LogP contribution in [0.3, 0.4) is 0 Å². The average Bonchev–Trinajstić information content (AvgIpc) is 2.28. The lowest BCUT2D eigenvalue weighted by atomic mass is 9.96. The topological polar surface area (TPSA) is 44.4 Å². The molecule has 2 N–H and O–H groups in total. The zero-order valence-corrected chi connectivity index (χ0v) is 10.0. The second-order valence-corrected chi connectivity index (χ2v) is 4.28. The van der Waals surface area contributed by atoms with Gasteiger partial charge in [-0.15, -0.1) is 0 Å². The van der Waals surface area contributed by atoms with Crippen molar-refractivity contribution in [1.82, 2.24) is 15.5 Å². The molecular weight excluding hydrogens is 190 g/mol. The fraction of sp³-hybridized carbons (Fsp3) is 0.909. The molecule has 4 nitrogen and oxygen atoms in total. The van der Waals surface area contributed by atoms with Gasteiger partial charge in [0.15, 0.2) is 0 Å². The van der Waals surface area contributed by atoms with Crippen LogP contribution >= 0.6 is 0 Å². The maximum atomic E-state index is 11.4. The minimum Gasteiger partial charge on any atom is -0.358 e. The molecule has 2 unspecified atom stereocenters. The van der Waals surface area contributed by atoms with Crippen molar-refractivity contribution in [2.75, 3.05) is 27.2 Å². The van der Waals surface area contributed by atoms with Crippen LogP contribution in [0, 0.1) is 0 Å². The van der Waals surface area contributed by atoms with Gasteiger partial charge in [0.1, 0.15) is 0 Å². The number of likely N-dealkylation sites (tertiary alicyclic amines) is 1. The molecule has 0 radical (unpaired) electrons. The van der Waals surface area contributed by atoms with Crippen molar-refractivity contribution in [1.29, 1.82) is 0 Å². The lowest BCUT2D eigenvalue weighted by molar-refractivity contribution is -0.122. The molecule has 1 fully saturated rings. The molecule has 0 aromatic heterocycles. The lowest BCUT2D eigenvalue weighted by Crippen LogP contribution is -2.52. The van der Waals surface area contributed by atoms with Crippen molar-refractivity contribution in [3.63, 3.8) is 0 Å². The molecule has 0 aromatic carbocycles. The van der Waals surface area contributed by atoms with E-state index < -0.39 is 0 Å². The van der Waals surface area contributed by atoms with Gasteiger partial charge in [0.2, 0.25) is 5.91 Å². The summed E-state index contributed by atoms with van der Waals surface area (Å²) >= 11 is 0. The van der Waals surface area contributed by atoms with E-state index in [4.69, 9.17) is 0 Å². The van der Waals surface area contributed by atoms with Gasteiger partial charge in [-0.25, -0.2) is 0 Å². The van der Waals surface area contributed by atoms with Gasteiger partial charge in [-0.1, -0.05) is 6.42 Å². The molecule has 2 atom stereocenters. The Morgan fingerprint density at radius 3 is 2.80 bits per heavy atom. The Labute approximate surface area is 92.4 Å². The first-order valence-electron chi connectivity index (χ1n) is 5.81. The number of nitrogens with zero attached hydrogens (tertiary/aromatic N) is 1. The van der Waals surface area contributed by atoms with Crippen LogP contribution in [-0.4, -0.2) is 50.1 Å². The highest BCUT2D eigenvalue weighted by molar-refractivity contribution is 5.77. The van der Waals surface area contributed by atoms with Gasteiger partial charge in [0, 0.05) is 19.1 Å². The highest BCUT2D eigenvalue weighted by Gasteiger charge is 2.27. The number of carbonyl (C=O) groups is 1. The largest absolute Gasteiger partial charge is 0.358 e. The Bertz CT molecular complexity index is 208. The Hall–Kier alpha value is -0.610. The summed E-state index contributed by atoms with van der Waals surface area (Å²) in [6.07, 6.45) is 3.68. The second kappa shape index (κ2) is 6.08. The van der Waals surface area contributed by atoms with Gasteiger partial charge in [0.25, 0.3) is 0 Å². The van der Waals surface area contributed by atoms with Crippen molar-refractivity contribution >= 4 is 5.91 Å². The van der Waals surface area contributed by atoms with Crippen LogP contribution in [0.15, 0.2) is 0 Å². The summed E-state index contributed by atoms with van der Waals surface area (Å²) in [5.41, 5.74) is 0.